The van der Waals surface area contributed by atoms with Crippen molar-refractivity contribution in [3.05, 3.63) is 12.2 Å². The molecule has 3 N–H and O–H groups in total. The van der Waals surface area contributed by atoms with Gasteiger partial charge in [-0.1, -0.05) is 25.0 Å². The van der Waals surface area contributed by atoms with Crippen LogP contribution >= 0.6 is 0 Å². The van der Waals surface area contributed by atoms with Crippen molar-refractivity contribution in [1.82, 2.24) is 15.5 Å². The summed E-state index contributed by atoms with van der Waals surface area (Å²) in [5.41, 5.74) is -1.88. The molecule has 0 radical (unpaired) electrons. The first kappa shape index (κ1) is 27.0. The minimum absolute atomic E-state index is 0.0286. The summed E-state index contributed by atoms with van der Waals surface area (Å²) in [5, 5.41) is 15.8. The third kappa shape index (κ3) is 6.74. The molecule has 0 bridgehead atoms. The minimum Gasteiger partial charge on any atom is -0.464 e. The molecular formula is C25H39N3O7. The number of hydrogen-bond acceptors (Lipinski definition) is 7. The smallest absolute Gasteiger partial charge is 0.408 e. The molecule has 10 heteroatoms. The van der Waals surface area contributed by atoms with Gasteiger partial charge in [-0.05, 0) is 53.4 Å². The zero-order valence-corrected chi connectivity index (χ0v) is 21.2. The van der Waals surface area contributed by atoms with Crippen LogP contribution in [-0.4, -0.2) is 76.4 Å². The van der Waals surface area contributed by atoms with Gasteiger partial charge in [0.05, 0.1) is 12.7 Å². The molecule has 5 atom stereocenters. The Bertz CT molecular complexity index is 852. The molecule has 0 aromatic carbocycles. The van der Waals surface area contributed by atoms with Crippen LogP contribution in [0.15, 0.2) is 12.2 Å². The molecule has 0 spiro atoms. The van der Waals surface area contributed by atoms with Crippen LogP contribution in [0.3, 0.4) is 0 Å². The van der Waals surface area contributed by atoms with E-state index in [1.165, 1.54) is 4.90 Å². The summed E-state index contributed by atoms with van der Waals surface area (Å²) in [5.74, 6) is -1.62. The molecule has 0 aromatic rings. The van der Waals surface area contributed by atoms with Crippen LogP contribution in [0.25, 0.3) is 0 Å². The van der Waals surface area contributed by atoms with Gasteiger partial charge >= 0.3 is 12.1 Å². The van der Waals surface area contributed by atoms with E-state index in [0.29, 0.717) is 19.3 Å². The number of fused-ring (bicyclic) bond motifs is 2. The molecule has 2 fully saturated rings. The fourth-order valence-corrected chi connectivity index (χ4v) is 4.77. The molecule has 2 heterocycles. The lowest BCUT2D eigenvalue weighted by atomic mass is 10.0. The molecule has 1 unspecified atom stereocenters. The highest BCUT2D eigenvalue weighted by atomic mass is 16.6. The van der Waals surface area contributed by atoms with E-state index in [0.717, 1.165) is 19.3 Å². The van der Waals surface area contributed by atoms with Crippen molar-refractivity contribution >= 4 is 23.9 Å². The van der Waals surface area contributed by atoms with Crippen molar-refractivity contribution in [3.8, 4) is 0 Å². The Labute approximate surface area is 206 Å². The predicted molar refractivity (Wildman–Crippen MR) is 127 cm³/mol. The number of rotatable bonds is 3. The Morgan fingerprint density at radius 2 is 2.00 bits per heavy atom. The van der Waals surface area contributed by atoms with Crippen LogP contribution in [0, 0.1) is 5.92 Å². The van der Waals surface area contributed by atoms with E-state index in [4.69, 9.17) is 9.47 Å². The number of esters is 1. The molecule has 3 amide bonds. The third-order valence-corrected chi connectivity index (χ3v) is 6.59. The van der Waals surface area contributed by atoms with Crippen LogP contribution in [-0.2, 0) is 23.9 Å². The molecule has 1 aliphatic carbocycles. The van der Waals surface area contributed by atoms with Crippen LogP contribution < -0.4 is 10.6 Å². The maximum atomic E-state index is 13.5. The molecule has 1 saturated carbocycles. The fourth-order valence-electron chi connectivity index (χ4n) is 4.77. The highest BCUT2D eigenvalue weighted by molar-refractivity contribution is 5.96. The highest BCUT2D eigenvalue weighted by Gasteiger charge is 2.62. The Balaban J connectivity index is 1.84. The van der Waals surface area contributed by atoms with Crippen LogP contribution in [0.5, 0.6) is 0 Å². The second-order valence-electron chi connectivity index (χ2n) is 10.7. The summed E-state index contributed by atoms with van der Waals surface area (Å²) in [6.45, 7) is 7.08. The first-order valence-electron chi connectivity index (χ1n) is 12.6. The van der Waals surface area contributed by atoms with E-state index >= 15 is 0 Å². The van der Waals surface area contributed by atoms with Crippen molar-refractivity contribution in [2.45, 2.75) is 102 Å². The lowest BCUT2D eigenvalue weighted by Crippen LogP contribution is -2.56. The molecule has 3 rings (SSSR count). The number of aliphatic hydroxyl groups is 1. The monoisotopic (exact) mass is 493 g/mol. The quantitative estimate of drug-likeness (QED) is 0.403. The van der Waals surface area contributed by atoms with Crippen LogP contribution in [0.4, 0.5) is 4.79 Å². The summed E-state index contributed by atoms with van der Waals surface area (Å²) >= 11 is 0. The van der Waals surface area contributed by atoms with Crippen molar-refractivity contribution in [2.75, 3.05) is 13.2 Å². The summed E-state index contributed by atoms with van der Waals surface area (Å²) in [6.07, 6.45) is 6.49. The zero-order chi connectivity index (χ0) is 25.8. The number of amides is 3. The van der Waals surface area contributed by atoms with E-state index < -0.39 is 53.2 Å². The standard InChI is InChI=1S/C25H39N3O7/c1-5-34-22(32)25-14-16(25)11-9-7-6-8-10-12-18(26-23(33)35-24(2,3)4)21(31)28-15-17(29)13-19(28)20(30)27-25/h9,11,16-19,29H,5-8,10,12-15H2,1-4H3,(H,26,33)(H,27,30)/b11-9-/t16-,17+,18+,19+,25?/m1/s1. The Hall–Kier alpha value is -2.62. The van der Waals surface area contributed by atoms with E-state index in [9.17, 15) is 24.3 Å². The van der Waals surface area contributed by atoms with Gasteiger partial charge in [0.2, 0.25) is 11.8 Å². The van der Waals surface area contributed by atoms with E-state index in [2.05, 4.69) is 10.6 Å². The van der Waals surface area contributed by atoms with Crippen molar-refractivity contribution < 1.29 is 33.8 Å². The van der Waals surface area contributed by atoms with Gasteiger partial charge in [-0.2, -0.15) is 0 Å². The molecule has 10 nitrogen and oxygen atoms in total. The second kappa shape index (κ2) is 11.0. The molecule has 35 heavy (non-hydrogen) atoms. The number of aliphatic hydroxyl groups excluding tert-OH is 1. The second-order valence-corrected chi connectivity index (χ2v) is 10.7. The zero-order valence-electron chi connectivity index (χ0n) is 21.2. The Kier molecular flexibility index (Phi) is 8.46. The van der Waals surface area contributed by atoms with Gasteiger partial charge in [0, 0.05) is 18.9 Å². The van der Waals surface area contributed by atoms with Crippen molar-refractivity contribution in [3.63, 3.8) is 0 Å². The van der Waals surface area contributed by atoms with Crippen molar-refractivity contribution in [1.29, 1.82) is 0 Å². The van der Waals surface area contributed by atoms with E-state index in [1.807, 2.05) is 12.2 Å². The highest BCUT2D eigenvalue weighted by Crippen LogP contribution is 2.46. The Morgan fingerprint density at radius 3 is 2.69 bits per heavy atom. The van der Waals surface area contributed by atoms with Gasteiger partial charge in [0.25, 0.3) is 0 Å². The first-order chi connectivity index (χ1) is 16.5. The number of allylic oxidation sites excluding steroid dienone is 1. The maximum absolute atomic E-state index is 13.5. The summed E-state index contributed by atoms with van der Waals surface area (Å²) in [6, 6.07) is -1.85. The first-order valence-corrected chi connectivity index (χ1v) is 12.6. The molecule has 3 aliphatic rings. The van der Waals surface area contributed by atoms with Gasteiger partial charge in [0.15, 0.2) is 0 Å². The topological polar surface area (TPSA) is 134 Å². The van der Waals surface area contributed by atoms with Gasteiger partial charge in [-0.15, -0.1) is 0 Å². The van der Waals surface area contributed by atoms with Gasteiger partial charge < -0.3 is 30.1 Å². The summed E-state index contributed by atoms with van der Waals surface area (Å²) in [7, 11) is 0. The fraction of sp³-hybridized carbons (Fsp3) is 0.760. The van der Waals surface area contributed by atoms with Gasteiger partial charge in [0.1, 0.15) is 23.2 Å². The number of hydrogen-bond donors (Lipinski definition) is 3. The predicted octanol–water partition coefficient (Wildman–Crippen LogP) is 1.80. The lowest BCUT2D eigenvalue weighted by molar-refractivity contribution is -0.150. The molecule has 196 valence electrons. The molecule has 2 aliphatic heterocycles. The molecule has 1 saturated heterocycles. The summed E-state index contributed by atoms with van der Waals surface area (Å²) in [4.78, 5) is 53.4. The third-order valence-electron chi connectivity index (χ3n) is 6.59. The number of carbonyl (C=O) groups is 4. The SMILES string of the molecule is CCOC(=O)C12C[C@H]1/C=C\CCCCC[C@H](NC(=O)OC(C)(C)C)C(=O)N1C[C@@H](O)C[C@H]1C(=O)N2. The number of ether oxygens (including phenoxy) is 2. The lowest BCUT2D eigenvalue weighted by Gasteiger charge is -2.30. The number of alkyl carbamates (subject to hydrolysis) is 1. The number of carbonyl (C=O) groups excluding carboxylic acids is 4. The largest absolute Gasteiger partial charge is 0.464 e. The van der Waals surface area contributed by atoms with Gasteiger partial charge in [-0.25, -0.2) is 9.59 Å². The minimum atomic E-state index is -1.15. The number of nitrogens with one attached hydrogen (secondary N) is 2. The summed E-state index contributed by atoms with van der Waals surface area (Å²) < 4.78 is 10.6. The normalized spacial score (nSPS) is 32.8. The average Bonchev–Trinajstić information content (AvgIpc) is 3.30. The molecule has 0 aromatic heterocycles. The van der Waals surface area contributed by atoms with Crippen molar-refractivity contribution in [2.24, 2.45) is 5.92 Å². The molecular weight excluding hydrogens is 454 g/mol. The average molecular weight is 494 g/mol. The van der Waals surface area contributed by atoms with E-state index in [1.54, 1.807) is 27.7 Å². The maximum Gasteiger partial charge on any atom is 0.408 e. The van der Waals surface area contributed by atoms with E-state index in [-0.39, 0.29) is 25.5 Å². The van der Waals surface area contributed by atoms with Crippen LogP contribution in [0.2, 0.25) is 0 Å². The van der Waals surface area contributed by atoms with Crippen LogP contribution in [0.1, 0.15) is 72.6 Å². The van der Waals surface area contributed by atoms with Gasteiger partial charge in [-0.3, -0.25) is 9.59 Å². The Morgan fingerprint density at radius 1 is 1.26 bits per heavy atom. The number of nitrogens with zero attached hydrogens (tertiary/aromatic N) is 1.